The number of fused-ring (bicyclic) bond motifs is 2. The summed E-state index contributed by atoms with van der Waals surface area (Å²) in [5.74, 6) is 2.69. The molecule has 2 aliphatic heterocycles. The van der Waals surface area contributed by atoms with E-state index < -0.39 is 54.8 Å². The number of aromatic hydroxyl groups is 2. The first-order valence-corrected chi connectivity index (χ1v) is 48.8. The van der Waals surface area contributed by atoms with E-state index in [-0.39, 0.29) is 131 Å². The van der Waals surface area contributed by atoms with Gasteiger partial charge >= 0.3 is 63.3 Å². The standard InChI is InChI=1S/C13H12O3.C12H13NO4.C12H10O4.2C12H14O2.C11H11NO4.C11H13NO2.2C11H12O3.2CH4O.BBr3.Li.H2O/c1-8(14)13(4-5-13)10-2-3-11-9(6-10)7-12(15)16-11;1-8(14)12(5-6-12)9-3-4-11(17-2)10(7-9)13(15)16;13-10-6-7-5-8(1-2-9(7)16-10)12(3-4-12)11(14)15;2*1-9(13)12(7-8-12)10-3-5-11(14-2)6-4-10;1-7(13)11(4-5-11)8-2-3-10(14)9(6-8)12(15)16;1-7(13)11(4-5-11)8-2-3-10(14)9(12)6-8;2*1-14-9-4-2-8(3-5-9)11(6-7-11)10(12)13;2*1-2;2-1(3)4;;/h2-3,6H,4-5,7H2,1H3;3-4,7H,5-6H2,1-2H3;1-2,5H,3-4,6H2,(H,14,15);2*3-6H,7-8H2,1-2H3;2-3,6,14H,4-5H2,1H3;2-3,6,14H,4-5,12H2,1H3;2*2-5H,6-7H2,1H3,(H,12,13);2*2H,1H3;;;1H2/q;;;;;;;;;;;;+1;/p-1. The number of carbonyl (C=O) groups excluding carboxylic acids is 8. The fraction of sp³-hybridized carbons (Fsp3) is 0.393. The number of halogens is 3. The number of esters is 2. The predicted molar refractivity (Wildman–Crippen MR) is 546 cm³/mol. The summed E-state index contributed by atoms with van der Waals surface area (Å²) in [6, 6.07) is 55.0. The molecule has 9 aliphatic carbocycles. The zero-order chi connectivity index (χ0) is 106. The molecule has 20 rings (SSSR count). The molecular weight excluding hydrogens is 2060 g/mol. The smallest absolute Gasteiger partial charge is 0.870 e. The molecule has 0 amide bonds. The van der Waals surface area contributed by atoms with Crippen LogP contribution in [0.4, 0.5) is 17.1 Å². The first kappa shape index (κ1) is 119. The van der Waals surface area contributed by atoms with E-state index in [1.807, 2.05) is 84.9 Å². The Hall–Kier alpha value is -12.5. The van der Waals surface area contributed by atoms with Gasteiger partial charge in [0.2, 0.25) is 0 Å². The van der Waals surface area contributed by atoms with Crippen molar-refractivity contribution in [2.24, 2.45) is 0 Å². The number of benzene rings is 9. The molecule has 33 nitrogen and oxygen atoms in total. The van der Waals surface area contributed by atoms with Gasteiger partial charge in [-0.2, -0.15) is 0 Å². The minimum absolute atomic E-state index is 0. The molecule has 0 bridgehead atoms. The number of hydrogen-bond donors (Lipinski definition) is 8. The Kier molecular flexibility index (Phi) is 41.7. The molecule has 38 heteroatoms. The number of carboxylic acids is 3. The third kappa shape index (κ3) is 28.2. The summed E-state index contributed by atoms with van der Waals surface area (Å²) in [5, 5.41) is 81.4. The maximum absolute atomic E-state index is 11.6. The van der Waals surface area contributed by atoms with Gasteiger partial charge in [-0.1, -0.05) is 91.0 Å². The number of ether oxygens (including phenoxy) is 7. The molecule has 9 aromatic carbocycles. The Labute approximate surface area is 877 Å². The Balaban J connectivity index is 0.000000219. The molecule has 0 atom stereocenters. The summed E-state index contributed by atoms with van der Waals surface area (Å²) in [4.78, 5) is 145. The van der Waals surface area contributed by atoms with Crippen LogP contribution in [0.15, 0.2) is 188 Å². The number of Topliss-reactive ketones (excluding diaryl/α,β-unsaturated/α-hetero) is 6. The van der Waals surface area contributed by atoms with Crippen molar-refractivity contribution in [1.29, 1.82) is 0 Å². The number of phenols is 2. The number of aliphatic carboxylic acids is 3. The molecule has 9 aromatic rings. The monoisotopic (exact) mass is 2180 g/mol. The second kappa shape index (κ2) is 50.6. The van der Waals surface area contributed by atoms with Gasteiger partial charge in [-0.3, -0.25) is 73.0 Å². The Bertz CT molecular complexity index is 5810. The number of nitrogen functional groups attached to an aromatic ring is 1. The van der Waals surface area contributed by atoms with Crippen molar-refractivity contribution < 1.29 is 156 Å². The molecular formula is C107H120BBr3LiN3O30. The van der Waals surface area contributed by atoms with Crippen molar-refractivity contribution in [1.82, 2.24) is 0 Å². The van der Waals surface area contributed by atoms with E-state index >= 15 is 0 Å². The van der Waals surface area contributed by atoms with Crippen LogP contribution in [0.1, 0.15) is 218 Å². The van der Waals surface area contributed by atoms with Crippen LogP contribution in [-0.4, -0.2) is 169 Å². The first-order valence-electron chi connectivity index (χ1n) is 46.0. The summed E-state index contributed by atoms with van der Waals surface area (Å²) in [5.41, 5.74) is 11.5. The van der Waals surface area contributed by atoms with Gasteiger partial charge in [0.25, 0.3) is 0 Å². The van der Waals surface area contributed by atoms with Crippen LogP contribution < -0.4 is 57.8 Å². The summed E-state index contributed by atoms with van der Waals surface area (Å²) in [6.45, 7) is 9.63. The van der Waals surface area contributed by atoms with Crippen molar-refractivity contribution in [3.05, 3.63) is 269 Å². The van der Waals surface area contributed by atoms with Crippen LogP contribution in [-0.2, 0) is 114 Å². The third-order valence-corrected chi connectivity index (χ3v) is 28.2. The number of nitrogens with two attached hydrogens (primary N) is 1. The van der Waals surface area contributed by atoms with Crippen molar-refractivity contribution in [2.45, 2.75) is 219 Å². The van der Waals surface area contributed by atoms with E-state index in [0.29, 0.717) is 42.0 Å². The number of methoxy groups -OCH3 is 5. The minimum atomic E-state index is -0.780. The van der Waals surface area contributed by atoms with E-state index in [0.717, 1.165) is 196 Å². The first-order chi connectivity index (χ1) is 67.8. The van der Waals surface area contributed by atoms with E-state index in [9.17, 15) is 83.2 Å². The number of nitro benzene ring substituents is 2. The molecule has 0 aromatic heterocycles. The number of phenolic OH excluding ortho intramolecular Hbond substituents is 2. The van der Waals surface area contributed by atoms with Crippen molar-refractivity contribution in [2.75, 3.05) is 55.5 Å². The minimum Gasteiger partial charge on any atom is -0.870 e. The van der Waals surface area contributed by atoms with Crippen molar-refractivity contribution in [3.8, 4) is 51.7 Å². The summed E-state index contributed by atoms with van der Waals surface area (Å²) >= 11 is 9.31. The van der Waals surface area contributed by atoms with Gasteiger partial charge in [0.05, 0.1) is 113 Å². The second-order valence-electron chi connectivity index (χ2n) is 36.5. The average Bonchev–Trinajstić information content (AvgIpc) is 1.59. The Morgan fingerprint density at radius 1 is 0.331 bits per heavy atom. The predicted octanol–water partition coefficient (Wildman–Crippen LogP) is 15.2. The number of nitro groups is 2. The number of anilines is 1. The maximum atomic E-state index is 11.6. The number of nitrogens with zero attached hydrogens (tertiary/aromatic N) is 2. The molecule has 0 saturated heterocycles. The van der Waals surface area contributed by atoms with E-state index in [4.69, 9.17) is 64.4 Å². The van der Waals surface area contributed by atoms with Crippen molar-refractivity contribution >= 4 is 132 Å². The largest absolute Gasteiger partial charge is 1.00 e. The quantitative estimate of drug-likeness (QED) is 0.00501. The normalized spacial score (nSPS) is 17.0. The van der Waals surface area contributed by atoms with E-state index in [1.54, 1.807) is 141 Å². The summed E-state index contributed by atoms with van der Waals surface area (Å²) < 4.78 is 35.4. The number of carbonyl (C=O) groups is 11. The molecule has 0 radical (unpaired) electrons. The van der Waals surface area contributed by atoms with Crippen LogP contribution in [0.3, 0.4) is 0 Å². The van der Waals surface area contributed by atoms with Gasteiger partial charge < -0.3 is 80.1 Å². The number of carboxylic acid groups (broad SMARTS) is 3. The molecule has 0 spiro atoms. The van der Waals surface area contributed by atoms with Crippen LogP contribution in [0, 0.1) is 20.2 Å². The molecule has 0 unspecified atom stereocenters. The van der Waals surface area contributed by atoms with E-state index in [1.165, 1.54) is 39.2 Å². The number of rotatable bonds is 25. The number of aliphatic hydroxyl groups is 2. The van der Waals surface area contributed by atoms with Gasteiger partial charge in [0.1, 0.15) is 74.9 Å². The molecule has 145 heavy (non-hydrogen) atoms. The fourth-order valence-electron chi connectivity index (χ4n) is 17.5. The zero-order valence-corrected chi connectivity index (χ0v) is 88.0. The number of hydrogen-bond acceptors (Lipinski definition) is 28. The molecule has 11 aliphatic rings. The van der Waals surface area contributed by atoms with Crippen LogP contribution in [0.25, 0.3) is 0 Å². The SMILES string of the molecule is BrB(Br)Br.CC(=O)C1(c2ccc(O)c(N)c2)CC1.CC(=O)C1(c2ccc(O)c([N+](=O)[O-])c2)CC1.CC(=O)C1(c2ccc3c(c2)CC(=O)O3)CC1.CO.CO.COc1ccc(C2(C(=O)O)CC2)cc1.COc1ccc(C2(C(=O)O)CC2)cc1.COc1ccc(C2(C(C)=O)CC2)cc1.COc1ccc(C2(C(C)=O)CC2)cc1.COc1ccc(C2(C(C)=O)CC2)cc1[N+](=O)[O-].O=C1Cc2cc(C3(C(=O)O)CC3)ccc2O1.[Li+].[OH-]. The third-order valence-electron chi connectivity index (χ3n) is 28.2. The van der Waals surface area contributed by atoms with Gasteiger partial charge in [-0.25, -0.2) is 0 Å². The van der Waals surface area contributed by atoms with Crippen molar-refractivity contribution in [3.63, 3.8) is 0 Å². The molecule has 2 heterocycles. The fourth-order valence-corrected chi connectivity index (χ4v) is 17.5. The van der Waals surface area contributed by atoms with Crippen LogP contribution in [0.5, 0.6) is 51.7 Å². The van der Waals surface area contributed by atoms with E-state index in [2.05, 4.69) is 47.3 Å². The average molecular weight is 2190 g/mol. The Morgan fingerprint density at radius 3 is 0.772 bits per heavy atom. The maximum Gasteiger partial charge on any atom is 1.00 e. The van der Waals surface area contributed by atoms with Gasteiger partial charge in [0, 0.05) is 37.5 Å². The molecule has 768 valence electrons. The van der Waals surface area contributed by atoms with Gasteiger partial charge in [-0.05, 0) is 292 Å². The van der Waals surface area contributed by atoms with Crippen LogP contribution in [0.2, 0.25) is 0 Å². The zero-order valence-electron chi connectivity index (χ0n) is 83.3. The summed E-state index contributed by atoms with van der Waals surface area (Å²) in [7, 11) is 9.87. The second-order valence-corrected chi connectivity index (χ2v) is 42.9. The van der Waals surface area contributed by atoms with Crippen LogP contribution >= 0.6 is 47.3 Å². The van der Waals surface area contributed by atoms with Gasteiger partial charge in [-0.15, -0.1) is 47.3 Å². The number of ketones is 6. The Morgan fingerprint density at radius 2 is 0.538 bits per heavy atom. The molecule has 9 saturated carbocycles. The van der Waals surface area contributed by atoms with Gasteiger partial charge in [0.15, 0.2) is 11.5 Å². The molecule has 10 N–H and O–H groups in total. The topological polar surface area (TPSA) is 536 Å². The summed E-state index contributed by atoms with van der Waals surface area (Å²) in [6.07, 6.45) is 15.5. The number of aliphatic hydroxyl groups excluding tert-OH is 2. The molecule has 9 fully saturated rings.